The Morgan fingerprint density at radius 1 is 1.65 bits per heavy atom. The molecule has 0 amide bonds. The first-order valence-corrected chi connectivity index (χ1v) is 7.37. The SMILES string of the molecule is Nc1ccn(C2(O)C[C@@H](OCP(=O)(O)O)CO2)c(=O)n1. The molecule has 0 aliphatic carbocycles. The molecule has 1 fully saturated rings. The molecule has 0 radical (unpaired) electrons. The van der Waals surface area contributed by atoms with Gasteiger partial charge in [0.25, 0.3) is 5.91 Å². The molecule has 11 heteroatoms. The van der Waals surface area contributed by atoms with Crippen LogP contribution in [0.2, 0.25) is 0 Å². The quantitative estimate of drug-likeness (QED) is 0.479. The van der Waals surface area contributed by atoms with Gasteiger partial charge in [-0.25, -0.2) is 9.36 Å². The second-order valence-electron chi connectivity index (χ2n) is 4.35. The number of hydrogen-bond donors (Lipinski definition) is 4. The summed E-state index contributed by atoms with van der Waals surface area (Å²) in [5.41, 5.74) is 4.53. The normalized spacial score (nSPS) is 26.9. The van der Waals surface area contributed by atoms with Crippen molar-refractivity contribution >= 4 is 13.4 Å². The van der Waals surface area contributed by atoms with Crippen LogP contribution in [0, 0.1) is 0 Å². The number of nitrogens with zero attached hydrogens (tertiary/aromatic N) is 2. The first-order valence-electron chi connectivity index (χ1n) is 5.58. The van der Waals surface area contributed by atoms with Crippen LogP contribution in [0.25, 0.3) is 0 Å². The Bertz CT molecular complexity index is 599. The van der Waals surface area contributed by atoms with Gasteiger partial charge in [0.1, 0.15) is 12.2 Å². The van der Waals surface area contributed by atoms with Crippen molar-refractivity contribution in [1.29, 1.82) is 0 Å². The van der Waals surface area contributed by atoms with E-state index in [-0.39, 0.29) is 18.8 Å². The Morgan fingerprint density at radius 3 is 2.95 bits per heavy atom. The van der Waals surface area contributed by atoms with E-state index in [0.29, 0.717) is 0 Å². The highest BCUT2D eigenvalue weighted by Gasteiger charge is 2.42. The molecule has 0 aromatic carbocycles. The van der Waals surface area contributed by atoms with Crippen molar-refractivity contribution in [1.82, 2.24) is 9.55 Å². The molecule has 0 spiro atoms. The summed E-state index contributed by atoms with van der Waals surface area (Å²) >= 11 is 0. The third-order valence-corrected chi connectivity index (χ3v) is 3.16. The van der Waals surface area contributed by atoms with Crippen LogP contribution in [-0.4, -0.2) is 43.5 Å². The Morgan fingerprint density at radius 2 is 2.35 bits per heavy atom. The summed E-state index contributed by atoms with van der Waals surface area (Å²) < 4.78 is 21.6. The zero-order chi connectivity index (χ0) is 15.0. The molecular formula is C9H14N3O7P. The lowest BCUT2D eigenvalue weighted by Crippen LogP contribution is -2.41. The number of aliphatic hydroxyl groups is 1. The molecule has 2 heterocycles. The zero-order valence-corrected chi connectivity index (χ0v) is 11.1. The van der Waals surface area contributed by atoms with E-state index in [2.05, 4.69) is 4.98 Å². The van der Waals surface area contributed by atoms with Gasteiger partial charge in [-0.05, 0) is 6.07 Å². The molecule has 20 heavy (non-hydrogen) atoms. The van der Waals surface area contributed by atoms with Gasteiger partial charge in [-0.1, -0.05) is 0 Å². The number of anilines is 1. The van der Waals surface area contributed by atoms with E-state index in [1.165, 1.54) is 12.3 Å². The molecule has 1 saturated heterocycles. The topological polar surface area (TPSA) is 157 Å². The second-order valence-corrected chi connectivity index (χ2v) is 5.93. The minimum Gasteiger partial charge on any atom is -0.383 e. The third kappa shape index (κ3) is 3.42. The van der Waals surface area contributed by atoms with Crippen LogP contribution in [0.3, 0.4) is 0 Å². The lowest BCUT2D eigenvalue weighted by molar-refractivity contribution is -0.237. The Labute approximate surface area is 112 Å². The average Bonchev–Trinajstić information content (AvgIpc) is 2.68. The molecule has 5 N–H and O–H groups in total. The number of ether oxygens (including phenoxy) is 2. The Kier molecular flexibility index (Phi) is 3.96. The second kappa shape index (κ2) is 5.24. The minimum atomic E-state index is -4.30. The molecular weight excluding hydrogens is 293 g/mol. The number of aromatic nitrogens is 2. The largest absolute Gasteiger partial charge is 0.383 e. The van der Waals surface area contributed by atoms with E-state index < -0.39 is 31.6 Å². The van der Waals surface area contributed by atoms with E-state index in [9.17, 15) is 14.5 Å². The molecule has 0 saturated carbocycles. The highest BCUT2D eigenvalue weighted by Crippen LogP contribution is 2.37. The molecule has 1 aliphatic heterocycles. The molecule has 2 atom stereocenters. The number of nitrogens with two attached hydrogens (primary N) is 1. The van der Waals surface area contributed by atoms with Crippen LogP contribution in [0.5, 0.6) is 0 Å². The van der Waals surface area contributed by atoms with Crippen molar-refractivity contribution in [3.8, 4) is 0 Å². The Balaban J connectivity index is 2.10. The van der Waals surface area contributed by atoms with Gasteiger partial charge in [-0.15, -0.1) is 0 Å². The van der Waals surface area contributed by atoms with Crippen molar-refractivity contribution in [2.45, 2.75) is 18.4 Å². The third-order valence-electron chi connectivity index (χ3n) is 2.67. The molecule has 1 unspecified atom stereocenters. The van der Waals surface area contributed by atoms with Crippen LogP contribution in [-0.2, 0) is 19.9 Å². The van der Waals surface area contributed by atoms with Crippen molar-refractivity contribution < 1.29 is 28.9 Å². The summed E-state index contributed by atoms with van der Waals surface area (Å²) in [7, 11) is -4.30. The van der Waals surface area contributed by atoms with E-state index >= 15 is 0 Å². The first-order chi connectivity index (χ1) is 9.20. The van der Waals surface area contributed by atoms with Crippen LogP contribution >= 0.6 is 7.60 Å². The van der Waals surface area contributed by atoms with Gasteiger partial charge in [-0.2, -0.15) is 4.98 Å². The smallest absolute Gasteiger partial charge is 0.353 e. The van der Waals surface area contributed by atoms with Crippen molar-refractivity contribution in [3.05, 3.63) is 22.7 Å². The maximum Gasteiger partial charge on any atom is 0.353 e. The fourth-order valence-corrected chi connectivity index (χ4v) is 2.21. The summed E-state index contributed by atoms with van der Waals surface area (Å²) in [5.74, 6) is -1.97. The van der Waals surface area contributed by atoms with E-state index in [0.717, 1.165) is 4.57 Å². The van der Waals surface area contributed by atoms with Gasteiger partial charge in [0.2, 0.25) is 0 Å². The van der Waals surface area contributed by atoms with Gasteiger partial charge >= 0.3 is 13.3 Å². The molecule has 0 bridgehead atoms. The maximum absolute atomic E-state index is 11.6. The summed E-state index contributed by atoms with van der Waals surface area (Å²) in [4.78, 5) is 32.5. The van der Waals surface area contributed by atoms with Crippen LogP contribution < -0.4 is 11.4 Å². The first kappa shape index (κ1) is 15.1. The van der Waals surface area contributed by atoms with E-state index in [1.54, 1.807) is 0 Å². The van der Waals surface area contributed by atoms with Gasteiger partial charge in [0.15, 0.2) is 0 Å². The van der Waals surface area contributed by atoms with Gasteiger partial charge in [0.05, 0.1) is 19.1 Å². The van der Waals surface area contributed by atoms with Crippen LogP contribution in [0.1, 0.15) is 6.42 Å². The molecule has 1 aromatic rings. The zero-order valence-electron chi connectivity index (χ0n) is 10.2. The predicted octanol–water partition coefficient (Wildman–Crippen LogP) is -1.63. The Hall–Kier alpha value is -1.29. The van der Waals surface area contributed by atoms with Crippen molar-refractivity contribution in [3.63, 3.8) is 0 Å². The van der Waals surface area contributed by atoms with E-state index in [4.69, 9.17) is 25.0 Å². The average molecular weight is 307 g/mol. The highest BCUT2D eigenvalue weighted by atomic mass is 31.2. The molecule has 1 aromatic heterocycles. The highest BCUT2D eigenvalue weighted by molar-refractivity contribution is 7.51. The fraction of sp³-hybridized carbons (Fsp3) is 0.556. The lowest BCUT2D eigenvalue weighted by Gasteiger charge is -2.23. The van der Waals surface area contributed by atoms with Gasteiger partial charge < -0.3 is 30.1 Å². The minimum absolute atomic E-state index is 0.00199. The number of hydrogen-bond acceptors (Lipinski definition) is 7. The summed E-state index contributed by atoms with van der Waals surface area (Å²) in [5, 5.41) is 10.2. The summed E-state index contributed by atoms with van der Waals surface area (Å²) in [6.07, 6.45) is -0.488. The monoisotopic (exact) mass is 307 g/mol. The lowest BCUT2D eigenvalue weighted by atomic mass is 10.2. The summed E-state index contributed by atoms with van der Waals surface area (Å²) in [6.45, 7) is -0.118. The van der Waals surface area contributed by atoms with E-state index in [1.807, 2.05) is 0 Å². The summed E-state index contributed by atoms with van der Waals surface area (Å²) in [6, 6.07) is 1.31. The van der Waals surface area contributed by atoms with Crippen molar-refractivity contribution in [2.24, 2.45) is 0 Å². The number of rotatable bonds is 4. The fourth-order valence-electron chi connectivity index (χ4n) is 1.80. The van der Waals surface area contributed by atoms with Gasteiger partial charge in [-0.3, -0.25) is 4.57 Å². The van der Waals surface area contributed by atoms with Crippen LogP contribution in [0.4, 0.5) is 5.82 Å². The molecule has 2 rings (SSSR count). The standard InChI is InChI=1S/C9H14N3O7P/c10-7-1-2-12(8(13)11-7)9(14)3-6(4-19-9)18-5-20(15,16)17/h1-2,6,14H,3-5H2,(H2,10,11,13)(H2,15,16,17)/t6-,9?/m1/s1. The molecule has 1 aliphatic rings. The van der Waals surface area contributed by atoms with Gasteiger partial charge in [0, 0.05) is 6.20 Å². The predicted molar refractivity (Wildman–Crippen MR) is 65.5 cm³/mol. The maximum atomic E-state index is 11.6. The molecule has 112 valence electrons. The molecule has 10 nitrogen and oxygen atoms in total. The number of nitrogen functional groups attached to an aromatic ring is 1. The van der Waals surface area contributed by atoms with Crippen molar-refractivity contribution in [2.75, 3.05) is 18.7 Å². The van der Waals surface area contributed by atoms with Crippen LogP contribution in [0.15, 0.2) is 17.1 Å².